The second-order valence-electron chi connectivity index (χ2n) is 9.49. The van der Waals surface area contributed by atoms with Crippen LogP contribution in [0.25, 0.3) is 10.9 Å². The van der Waals surface area contributed by atoms with Gasteiger partial charge in [-0.3, -0.25) is 9.59 Å². The Balaban J connectivity index is 1.90. The molecule has 0 unspecified atom stereocenters. The quantitative estimate of drug-likeness (QED) is 0.363. The molecule has 9 nitrogen and oxygen atoms in total. The van der Waals surface area contributed by atoms with E-state index >= 15 is 4.39 Å². The Morgan fingerprint density at radius 3 is 2.47 bits per heavy atom. The monoisotopic (exact) mass is 543 g/mol. The van der Waals surface area contributed by atoms with Crippen molar-refractivity contribution in [1.29, 1.82) is 0 Å². The van der Waals surface area contributed by atoms with Gasteiger partial charge in [-0.15, -0.1) is 0 Å². The lowest BCUT2D eigenvalue weighted by atomic mass is 9.99. The van der Waals surface area contributed by atoms with Gasteiger partial charge in [0.25, 0.3) is 0 Å². The number of rotatable bonds is 7. The standard InChI is InChI=1S/C25H29F4N3O6/c1-2-38-23(36)15-10-32(13-6-7-13)20-14(22(15)35)9-17(26)21(16(20)11-33)31-8-4-3-5-18(19(31)12-34)30-24(37)25(27,28)29/h9-10,13,18-19,33-34H,2-8,11-12H2,1H3,(H,30,37)/t18-,19-/m1/s1. The zero-order chi connectivity index (χ0) is 27.8. The fraction of sp³-hybridized carbons (Fsp3) is 0.560. The van der Waals surface area contributed by atoms with Crippen LogP contribution in [0, 0.1) is 5.82 Å². The Morgan fingerprint density at radius 2 is 1.89 bits per heavy atom. The third-order valence-electron chi connectivity index (χ3n) is 7.01. The lowest BCUT2D eigenvalue weighted by molar-refractivity contribution is -0.174. The molecule has 2 heterocycles. The largest absolute Gasteiger partial charge is 0.471 e. The summed E-state index contributed by atoms with van der Waals surface area (Å²) in [6.07, 6.45) is -1.46. The number of alkyl halides is 3. The number of halogens is 4. The minimum atomic E-state index is -5.14. The molecule has 13 heteroatoms. The summed E-state index contributed by atoms with van der Waals surface area (Å²) in [4.78, 5) is 38.7. The maximum atomic E-state index is 15.8. The van der Waals surface area contributed by atoms with Gasteiger partial charge in [-0.1, -0.05) is 0 Å². The van der Waals surface area contributed by atoms with E-state index in [1.165, 1.54) is 11.1 Å². The number of nitrogens with one attached hydrogen (secondary N) is 1. The molecule has 3 N–H and O–H groups in total. The first-order chi connectivity index (χ1) is 18.0. The van der Waals surface area contributed by atoms with Crippen LogP contribution in [0.1, 0.15) is 61.0 Å². The van der Waals surface area contributed by atoms with Crippen molar-refractivity contribution in [3.05, 3.63) is 39.4 Å². The van der Waals surface area contributed by atoms with Gasteiger partial charge in [-0.2, -0.15) is 13.2 Å². The highest BCUT2D eigenvalue weighted by Crippen LogP contribution is 2.41. The highest BCUT2D eigenvalue weighted by molar-refractivity contribution is 5.96. The Bertz CT molecular complexity index is 1290. The van der Waals surface area contributed by atoms with E-state index in [4.69, 9.17) is 4.74 Å². The predicted molar refractivity (Wildman–Crippen MR) is 128 cm³/mol. The van der Waals surface area contributed by atoms with Crippen molar-refractivity contribution in [2.45, 2.75) is 69.9 Å². The molecular weight excluding hydrogens is 514 g/mol. The molecule has 0 spiro atoms. The van der Waals surface area contributed by atoms with Gasteiger partial charge in [0, 0.05) is 29.7 Å². The van der Waals surface area contributed by atoms with Gasteiger partial charge in [0.2, 0.25) is 5.43 Å². The molecule has 1 aromatic heterocycles. The first-order valence-electron chi connectivity index (χ1n) is 12.5. The van der Waals surface area contributed by atoms with Crippen LogP contribution in [0.15, 0.2) is 17.1 Å². The summed E-state index contributed by atoms with van der Waals surface area (Å²) < 4.78 is 61.3. The van der Waals surface area contributed by atoms with E-state index in [0.29, 0.717) is 25.7 Å². The van der Waals surface area contributed by atoms with Gasteiger partial charge in [-0.25, -0.2) is 9.18 Å². The lowest BCUT2D eigenvalue weighted by Gasteiger charge is -2.37. The summed E-state index contributed by atoms with van der Waals surface area (Å²) >= 11 is 0. The van der Waals surface area contributed by atoms with Crippen LogP contribution in [0.2, 0.25) is 0 Å². The molecule has 1 saturated heterocycles. The Morgan fingerprint density at radius 1 is 1.18 bits per heavy atom. The molecule has 1 aliphatic carbocycles. The third-order valence-corrected chi connectivity index (χ3v) is 7.01. The van der Waals surface area contributed by atoms with Crippen LogP contribution in [0.3, 0.4) is 0 Å². The SMILES string of the molecule is CCOC(=O)c1cn(C2CC2)c2c(CO)c(N3CCCC[C@@H](NC(=O)C(F)(F)F)[C@H]3CO)c(F)cc2c1=O. The zero-order valence-corrected chi connectivity index (χ0v) is 20.7. The van der Waals surface area contributed by atoms with Crippen LogP contribution in [0.4, 0.5) is 23.2 Å². The van der Waals surface area contributed by atoms with Gasteiger partial charge < -0.3 is 29.7 Å². The van der Waals surface area contributed by atoms with Crippen LogP contribution < -0.4 is 15.6 Å². The number of ether oxygens (including phenoxy) is 1. The number of pyridine rings is 1. The summed E-state index contributed by atoms with van der Waals surface area (Å²) in [6, 6.07) is -1.47. The molecule has 208 valence electrons. The molecule has 1 amide bonds. The second kappa shape index (κ2) is 10.9. The van der Waals surface area contributed by atoms with Crippen LogP contribution in [-0.4, -0.2) is 64.7 Å². The minimum Gasteiger partial charge on any atom is -0.462 e. The Kier molecular flexibility index (Phi) is 7.98. The molecule has 2 atom stereocenters. The van der Waals surface area contributed by atoms with E-state index in [-0.39, 0.29) is 53.3 Å². The fourth-order valence-electron chi connectivity index (χ4n) is 5.16. The van der Waals surface area contributed by atoms with E-state index in [2.05, 4.69) is 0 Å². The highest BCUT2D eigenvalue weighted by Gasteiger charge is 2.42. The van der Waals surface area contributed by atoms with Gasteiger partial charge in [0.15, 0.2) is 0 Å². The maximum Gasteiger partial charge on any atom is 0.471 e. The smallest absolute Gasteiger partial charge is 0.462 e. The first kappa shape index (κ1) is 27.8. The lowest BCUT2D eigenvalue weighted by Crippen LogP contribution is -2.55. The second-order valence-corrected chi connectivity index (χ2v) is 9.49. The molecule has 1 aromatic carbocycles. The van der Waals surface area contributed by atoms with Gasteiger partial charge in [0.05, 0.1) is 43.1 Å². The summed E-state index contributed by atoms with van der Waals surface area (Å²) in [6.45, 7) is 0.286. The van der Waals surface area contributed by atoms with Crippen LogP contribution in [-0.2, 0) is 16.1 Å². The molecule has 2 fully saturated rings. The number of aliphatic hydroxyl groups is 2. The van der Waals surface area contributed by atoms with Gasteiger partial charge in [0.1, 0.15) is 11.4 Å². The predicted octanol–water partition coefficient (Wildman–Crippen LogP) is 2.54. The van der Waals surface area contributed by atoms with Gasteiger partial charge in [-0.05, 0) is 45.1 Å². The minimum absolute atomic E-state index is 0.000608. The number of amides is 1. The van der Waals surface area contributed by atoms with E-state index < -0.39 is 54.6 Å². The van der Waals surface area contributed by atoms with Gasteiger partial charge >= 0.3 is 18.1 Å². The van der Waals surface area contributed by atoms with Crippen molar-refractivity contribution >= 4 is 28.5 Å². The van der Waals surface area contributed by atoms with Crippen molar-refractivity contribution in [1.82, 2.24) is 9.88 Å². The van der Waals surface area contributed by atoms with Crippen LogP contribution in [0.5, 0.6) is 0 Å². The Labute approximate surface area is 215 Å². The molecule has 2 aliphatic rings. The Hall–Kier alpha value is -3.19. The molecular formula is C25H29F4N3O6. The molecule has 1 aliphatic heterocycles. The summed E-state index contributed by atoms with van der Waals surface area (Å²) in [5.41, 5.74) is -1.03. The number of aliphatic hydroxyl groups excluding tert-OH is 2. The average molecular weight is 544 g/mol. The average Bonchev–Trinajstić information content (AvgIpc) is 3.71. The normalized spacial score (nSPS) is 20.3. The van der Waals surface area contributed by atoms with E-state index in [0.717, 1.165) is 6.07 Å². The number of hydrogen-bond acceptors (Lipinski definition) is 7. The topological polar surface area (TPSA) is 121 Å². The molecule has 2 aromatic rings. The summed E-state index contributed by atoms with van der Waals surface area (Å²) in [5.74, 6) is -3.98. The van der Waals surface area contributed by atoms with Crippen molar-refractivity contribution in [3.63, 3.8) is 0 Å². The number of nitrogens with zero attached hydrogens (tertiary/aromatic N) is 2. The van der Waals surface area contributed by atoms with Crippen molar-refractivity contribution in [3.8, 4) is 0 Å². The number of fused-ring (bicyclic) bond motifs is 1. The number of esters is 1. The van der Waals surface area contributed by atoms with Crippen molar-refractivity contribution < 1.29 is 42.1 Å². The number of carbonyl (C=O) groups excluding carboxylic acids is 2. The molecule has 0 bridgehead atoms. The zero-order valence-electron chi connectivity index (χ0n) is 20.7. The first-order valence-corrected chi connectivity index (χ1v) is 12.5. The van der Waals surface area contributed by atoms with Crippen LogP contribution >= 0.6 is 0 Å². The third kappa shape index (κ3) is 5.21. The molecule has 38 heavy (non-hydrogen) atoms. The number of hydrogen-bond donors (Lipinski definition) is 3. The highest BCUT2D eigenvalue weighted by atomic mass is 19.4. The maximum absolute atomic E-state index is 15.8. The molecule has 4 rings (SSSR count). The fourth-order valence-corrected chi connectivity index (χ4v) is 5.16. The molecule has 0 radical (unpaired) electrons. The van der Waals surface area contributed by atoms with Crippen molar-refractivity contribution in [2.75, 3.05) is 24.7 Å². The summed E-state index contributed by atoms with van der Waals surface area (Å²) in [5, 5.41) is 22.4. The van der Waals surface area contributed by atoms with E-state index in [9.17, 15) is 37.8 Å². The number of benzene rings is 1. The number of anilines is 1. The van der Waals surface area contributed by atoms with E-state index in [1.54, 1.807) is 11.5 Å². The molecule has 1 saturated carbocycles. The van der Waals surface area contributed by atoms with Crippen molar-refractivity contribution in [2.24, 2.45) is 0 Å². The van der Waals surface area contributed by atoms with E-state index in [1.807, 2.05) is 5.32 Å². The number of carbonyl (C=O) groups is 2. The summed E-state index contributed by atoms with van der Waals surface area (Å²) in [7, 11) is 0. The number of aromatic nitrogens is 1.